The van der Waals surface area contributed by atoms with Gasteiger partial charge in [-0.25, -0.2) is 0 Å². The Kier molecular flexibility index (Phi) is 5.39. The van der Waals surface area contributed by atoms with Gasteiger partial charge in [0.2, 0.25) is 0 Å². The molecule has 3 nitrogen and oxygen atoms in total. The first-order valence-electron chi connectivity index (χ1n) is 7.64. The molecule has 0 atom stereocenters. The Labute approximate surface area is 125 Å². The molecule has 1 aliphatic rings. The fourth-order valence-electron chi connectivity index (χ4n) is 2.97. The standard InChI is InChI=1S/C16H24F2N2O/c1-3-16(4-2)12-20(11-7-10-19-16)13-8-5-6-9-14(13)21-15(17)18/h5-6,8-9,15,19H,3-4,7,10-12H2,1-2H3. The summed E-state index contributed by atoms with van der Waals surface area (Å²) in [7, 11) is 0. The van der Waals surface area contributed by atoms with Gasteiger partial charge >= 0.3 is 6.61 Å². The summed E-state index contributed by atoms with van der Waals surface area (Å²) in [5.41, 5.74) is 0.793. The van der Waals surface area contributed by atoms with E-state index in [0.29, 0.717) is 0 Å². The van der Waals surface area contributed by atoms with Crippen molar-refractivity contribution in [3.63, 3.8) is 0 Å². The monoisotopic (exact) mass is 298 g/mol. The molecule has 0 aromatic heterocycles. The topological polar surface area (TPSA) is 24.5 Å². The molecule has 0 unspecified atom stereocenters. The summed E-state index contributed by atoms with van der Waals surface area (Å²) < 4.78 is 29.8. The Morgan fingerprint density at radius 2 is 2.00 bits per heavy atom. The van der Waals surface area contributed by atoms with Crippen LogP contribution in [0.1, 0.15) is 33.1 Å². The molecule has 2 rings (SSSR count). The van der Waals surface area contributed by atoms with Gasteiger partial charge < -0.3 is 15.0 Å². The van der Waals surface area contributed by atoms with Gasteiger partial charge in [-0.15, -0.1) is 0 Å². The fourth-order valence-corrected chi connectivity index (χ4v) is 2.97. The summed E-state index contributed by atoms with van der Waals surface area (Å²) in [5.74, 6) is 0.260. The third-order valence-corrected chi connectivity index (χ3v) is 4.37. The summed E-state index contributed by atoms with van der Waals surface area (Å²) in [4.78, 5) is 2.17. The van der Waals surface area contributed by atoms with Gasteiger partial charge in [0.1, 0.15) is 5.75 Å². The minimum Gasteiger partial charge on any atom is -0.433 e. The Hall–Kier alpha value is -1.36. The second-order valence-electron chi connectivity index (χ2n) is 5.54. The number of para-hydroxylation sites is 2. The lowest BCUT2D eigenvalue weighted by molar-refractivity contribution is -0.0495. The lowest BCUT2D eigenvalue weighted by Gasteiger charge is -2.36. The zero-order valence-corrected chi connectivity index (χ0v) is 12.7. The molecular formula is C16H24F2N2O. The molecule has 0 spiro atoms. The van der Waals surface area contributed by atoms with Crippen molar-refractivity contribution in [2.45, 2.75) is 45.3 Å². The average molecular weight is 298 g/mol. The van der Waals surface area contributed by atoms with Crippen LogP contribution < -0.4 is 15.0 Å². The van der Waals surface area contributed by atoms with E-state index in [1.165, 1.54) is 0 Å². The smallest absolute Gasteiger partial charge is 0.387 e. The van der Waals surface area contributed by atoms with E-state index in [4.69, 9.17) is 0 Å². The molecule has 1 aromatic rings. The molecule has 0 aliphatic carbocycles. The van der Waals surface area contributed by atoms with Crippen LogP contribution in [-0.2, 0) is 0 Å². The maximum absolute atomic E-state index is 12.6. The van der Waals surface area contributed by atoms with Crippen molar-refractivity contribution in [3.05, 3.63) is 24.3 Å². The Bertz CT molecular complexity index is 450. The van der Waals surface area contributed by atoms with Crippen LogP contribution in [0.3, 0.4) is 0 Å². The number of anilines is 1. The third-order valence-electron chi connectivity index (χ3n) is 4.37. The quantitative estimate of drug-likeness (QED) is 0.898. The first kappa shape index (κ1) is 16.0. The molecule has 118 valence electrons. The molecular weight excluding hydrogens is 274 g/mol. The van der Waals surface area contributed by atoms with Crippen LogP contribution in [0.25, 0.3) is 0 Å². The molecule has 1 heterocycles. The van der Waals surface area contributed by atoms with Crippen molar-refractivity contribution in [1.82, 2.24) is 5.32 Å². The first-order valence-corrected chi connectivity index (χ1v) is 7.64. The summed E-state index contributed by atoms with van der Waals surface area (Å²) in [5, 5.41) is 3.62. The second-order valence-corrected chi connectivity index (χ2v) is 5.54. The number of halogens is 2. The molecule has 1 fully saturated rings. The molecule has 5 heteroatoms. The van der Waals surface area contributed by atoms with Crippen LogP contribution >= 0.6 is 0 Å². The van der Waals surface area contributed by atoms with E-state index < -0.39 is 6.61 Å². The molecule has 0 saturated carbocycles. The van der Waals surface area contributed by atoms with Crippen molar-refractivity contribution < 1.29 is 13.5 Å². The van der Waals surface area contributed by atoms with Gasteiger partial charge in [0.15, 0.2) is 0 Å². The number of hydrogen-bond acceptors (Lipinski definition) is 3. The predicted molar refractivity (Wildman–Crippen MR) is 81.2 cm³/mol. The van der Waals surface area contributed by atoms with Crippen LogP contribution in [-0.4, -0.2) is 31.8 Å². The Balaban J connectivity index is 2.27. The van der Waals surface area contributed by atoms with Gasteiger partial charge in [0.05, 0.1) is 5.69 Å². The highest BCUT2D eigenvalue weighted by atomic mass is 19.3. The summed E-state index contributed by atoms with van der Waals surface area (Å²) >= 11 is 0. The Morgan fingerprint density at radius 3 is 2.67 bits per heavy atom. The van der Waals surface area contributed by atoms with E-state index in [-0.39, 0.29) is 11.3 Å². The van der Waals surface area contributed by atoms with E-state index in [0.717, 1.165) is 44.6 Å². The van der Waals surface area contributed by atoms with Crippen LogP contribution in [0.4, 0.5) is 14.5 Å². The van der Waals surface area contributed by atoms with Crippen LogP contribution in [0, 0.1) is 0 Å². The fraction of sp³-hybridized carbons (Fsp3) is 0.625. The highest BCUT2D eigenvalue weighted by Crippen LogP contribution is 2.32. The number of alkyl halides is 2. The molecule has 0 radical (unpaired) electrons. The minimum atomic E-state index is -2.79. The highest BCUT2D eigenvalue weighted by molar-refractivity contribution is 5.59. The molecule has 1 aliphatic heterocycles. The zero-order chi connectivity index (χ0) is 15.3. The van der Waals surface area contributed by atoms with Crippen LogP contribution in [0.15, 0.2) is 24.3 Å². The summed E-state index contributed by atoms with van der Waals surface area (Å²) in [6.45, 7) is 4.15. The molecule has 1 aromatic carbocycles. The first-order chi connectivity index (χ1) is 10.1. The van der Waals surface area contributed by atoms with Gasteiger partial charge in [-0.3, -0.25) is 0 Å². The van der Waals surface area contributed by atoms with E-state index in [9.17, 15) is 8.78 Å². The largest absolute Gasteiger partial charge is 0.433 e. The number of nitrogens with one attached hydrogen (secondary N) is 1. The van der Waals surface area contributed by atoms with Gasteiger partial charge in [-0.05, 0) is 37.9 Å². The van der Waals surface area contributed by atoms with Crippen molar-refractivity contribution >= 4 is 5.69 Å². The lowest BCUT2D eigenvalue weighted by atomic mass is 9.92. The molecule has 1 saturated heterocycles. The van der Waals surface area contributed by atoms with E-state index in [1.807, 2.05) is 12.1 Å². The minimum absolute atomic E-state index is 0.0362. The number of ether oxygens (including phenoxy) is 1. The predicted octanol–water partition coefficient (Wildman–Crippen LogP) is 3.65. The van der Waals surface area contributed by atoms with Crippen molar-refractivity contribution in [1.29, 1.82) is 0 Å². The number of nitrogens with zero attached hydrogens (tertiary/aromatic N) is 1. The van der Waals surface area contributed by atoms with Gasteiger partial charge in [-0.2, -0.15) is 8.78 Å². The third kappa shape index (κ3) is 3.84. The van der Waals surface area contributed by atoms with Gasteiger partial charge in [0.25, 0.3) is 0 Å². The van der Waals surface area contributed by atoms with Crippen molar-refractivity contribution in [3.8, 4) is 5.75 Å². The Morgan fingerprint density at radius 1 is 1.29 bits per heavy atom. The van der Waals surface area contributed by atoms with Gasteiger partial charge in [0, 0.05) is 18.6 Å². The zero-order valence-electron chi connectivity index (χ0n) is 12.7. The summed E-state index contributed by atoms with van der Waals surface area (Å²) in [6, 6.07) is 7.06. The van der Waals surface area contributed by atoms with Crippen LogP contribution in [0.2, 0.25) is 0 Å². The maximum atomic E-state index is 12.6. The second kappa shape index (κ2) is 7.07. The average Bonchev–Trinajstić information content (AvgIpc) is 2.70. The van der Waals surface area contributed by atoms with E-state index in [1.54, 1.807) is 12.1 Å². The van der Waals surface area contributed by atoms with E-state index in [2.05, 4.69) is 28.8 Å². The van der Waals surface area contributed by atoms with Crippen molar-refractivity contribution in [2.75, 3.05) is 24.5 Å². The SMILES string of the molecule is CCC1(CC)CN(c2ccccc2OC(F)F)CCCN1. The summed E-state index contributed by atoms with van der Waals surface area (Å²) in [6.07, 6.45) is 3.01. The van der Waals surface area contributed by atoms with Gasteiger partial charge in [-0.1, -0.05) is 26.0 Å². The highest BCUT2D eigenvalue weighted by Gasteiger charge is 2.31. The lowest BCUT2D eigenvalue weighted by Crippen LogP contribution is -2.50. The number of benzene rings is 1. The van der Waals surface area contributed by atoms with Crippen molar-refractivity contribution in [2.24, 2.45) is 0 Å². The molecule has 1 N–H and O–H groups in total. The molecule has 21 heavy (non-hydrogen) atoms. The van der Waals surface area contributed by atoms with Crippen LogP contribution in [0.5, 0.6) is 5.75 Å². The molecule has 0 bridgehead atoms. The molecule has 0 amide bonds. The normalized spacial score (nSPS) is 18.6. The number of hydrogen-bond donors (Lipinski definition) is 1. The number of rotatable bonds is 5. The maximum Gasteiger partial charge on any atom is 0.387 e. The van der Waals surface area contributed by atoms with E-state index >= 15 is 0 Å².